The molecule has 1 saturated heterocycles. The summed E-state index contributed by atoms with van der Waals surface area (Å²) in [6.45, 7) is 3.95. The molecule has 0 radical (unpaired) electrons. The first kappa shape index (κ1) is 19.5. The van der Waals surface area contributed by atoms with E-state index in [1.165, 1.54) is 12.8 Å². The maximum atomic E-state index is 12.2. The molecular formula is C20H28N2O5. The van der Waals surface area contributed by atoms with Crippen molar-refractivity contribution in [3.05, 3.63) is 35.9 Å². The lowest BCUT2D eigenvalue weighted by Crippen LogP contribution is -2.56. The minimum absolute atomic E-state index is 0.183. The lowest BCUT2D eigenvalue weighted by atomic mass is 10.0. The number of likely N-dealkylation sites (tertiary alicyclic amines) is 1. The van der Waals surface area contributed by atoms with Gasteiger partial charge in [0.1, 0.15) is 6.61 Å². The van der Waals surface area contributed by atoms with Gasteiger partial charge in [-0.2, -0.15) is 0 Å². The van der Waals surface area contributed by atoms with Crippen LogP contribution < -0.4 is 5.32 Å². The van der Waals surface area contributed by atoms with E-state index in [4.69, 9.17) is 14.2 Å². The third-order valence-electron chi connectivity index (χ3n) is 4.84. The molecule has 1 aliphatic carbocycles. The molecule has 0 aromatic heterocycles. The Labute approximate surface area is 160 Å². The van der Waals surface area contributed by atoms with Gasteiger partial charge in [0.25, 0.3) is 0 Å². The Hall–Kier alpha value is -2.28. The number of piperidine rings is 1. The first-order valence-corrected chi connectivity index (χ1v) is 9.66. The number of hydrogen-bond acceptors (Lipinski definition) is 5. The summed E-state index contributed by atoms with van der Waals surface area (Å²) in [4.78, 5) is 25.9. The number of benzene rings is 1. The molecule has 3 rings (SSSR count). The molecule has 2 fully saturated rings. The first-order chi connectivity index (χ1) is 13.2. The van der Waals surface area contributed by atoms with Gasteiger partial charge in [0.15, 0.2) is 0 Å². The van der Waals surface area contributed by atoms with Gasteiger partial charge in [-0.25, -0.2) is 9.59 Å². The Kier molecular flexibility index (Phi) is 6.92. The number of carbonyl (C=O) groups is 2. The quantitative estimate of drug-likeness (QED) is 0.792. The largest absolute Gasteiger partial charge is 0.450 e. The van der Waals surface area contributed by atoms with Gasteiger partial charge in [0.05, 0.1) is 25.3 Å². The summed E-state index contributed by atoms with van der Waals surface area (Å²) >= 11 is 0. The second kappa shape index (κ2) is 9.60. The topological polar surface area (TPSA) is 77.1 Å². The first-order valence-electron chi connectivity index (χ1n) is 9.66. The Morgan fingerprint density at radius 2 is 1.93 bits per heavy atom. The van der Waals surface area contributed by atoms with Crippen molar-refractivity contribution < 1.29 is 23.8 Å². The predicted molar refractivity (Wildman–Crippen MR) is 99.2 cm³/mol. The number of carbonyl (C=O) groups excluding carboxylic acids is 2. The Bertz CT molecular complexity index is 620. The van der Waals surface area contributed by atoms with Crippen LogP contribution in [0.2, 0.25) is 0 Å². The normalized spacial score (nSPS) is 22.2. The molecule has 1 saturated carbocycles. The molecule has 1 aliphatic heterocycles. The maximum Gasteiger partial charge on any atom is 0.409 e. The van der Waals surface area contributed by atoms with E-state index in [9.17, 15) is 9.59 Å². The number of hydrogen-bond donors (Lipinski definition) is 1. The van der Waals surface area contributed by atoms with Gasteiger partial charge in [-0.15, -0.1) is 0 Å². The fourth-order valence-electron chi connectivity index (χ4n) is 3.09. The van der Waals surface area contributed by atoms with E-state index in [1.807, 2.05) is 30.3 Å². The summed E-state index contributed by atoms with van der Waals surface area (Å²) in [5, 5.41) is 2.91. The SMILES string of the molecule is CCOC(=O)N1CC[C@@H](NC(=O)OCc2ccccc2)[C@@H](OCC2CC2)C1. The van der Waals surface area contributed by atoms with Crippen LogP contribution in [0, 0.1) is 5.92 Å². The van der Waals surface area contributed by atoms with Crippen molar-refractivity contribution in [2.75, 3.05) is 26.3 Å². The zero-order valence-corrected chi connectivity index (χ0v) is 15.8. The number of rotatable bonds is 7. The predicted octanol–water partition coefficient (Wildman–Crippen LogP) is 2.94. The standard InChI is InChI=1S/C20H28N2O5/c1-2-25-20(24)22-11-10-17(18(12-22)26-13-16-8-9-16)21-19(23)27-14-15-6-4-3-5-7-15/h3-7,16-18H,2,8-14H2,1H3,(H,21,23)/t17-,18+/m1/s1. The number of amides is 2. The van der Waals surface area contributed by atoms with Crippen molar-refractivity contribution in [2.24, 2.45) is 5.92 Å². The summed E-state index contributed by atoms with van der Waals surface area (Å²) in [6, 6.07) is 9.37. The van der Waals surface area contributed by atoms with E-state index in [0.29, 0.717) is 38.6 Å². The van der Waals surface area contributed by atoms with Gasteiger partial charge in [-0.05, 0) is 37.7 Å². The van der Waals surface area contributed by atoms with Crippen LogP contribution in [-0.2, 0) is 20.8 Å². The highest BCUT2D eigenvalue weighted by Crippen LogP contribution is 2.30. The Morgan fingerprint density at radius 3 is 2.63 bits per heavy atom. The maximum absolute atomic E-state index is 12.2. The molecule has 1 aromatic rings. The molecule has 1 aromatic carbocycles. The molecule has 7 nitrogen and oxygen atoms in total. The van der Waals surface area contributed by atoms with E-state index in [0.717, 1.165) is 5.56 Å². The fourth-order valence-corrected chi connectivity index (χ4v) is 3.09. The third kappa shape index (κ3) is 6.13. The van der Waals surface area contributed by atoms with Crippen molar-refractivity contribution in [2.45, 2.75) is 44.9 Å². The summed E-state index contributed by atoms with van der Waals surface area (Å²) in [5.74, 6) is 0.605. The van der Waals surface area contributed by atoms with Crippen molar-refractivity contribution in [3.8, 4) is 0 Å². The summed E-state index contributed by atoms with van der Waals surface area (Å²) in [7, 11) is 0. The van der Waals surface area contributed by atoms with Gasteiger partial charge in [0, 0.05) is 13.2 Å². The fraction of sp³-hybridized carbons (Fsp3) is 0.600. The summed E-state index contributed by atoms with van der Waals surface area (Å²) in [5.41, 5.74) is 0.936. The zero-order chi connectivity index (χ0) is 19.1. The van der Waals surface area contributed by atoms with E-state index < -0.39 is 6.09 Å². The second-order valence-electron chi connectivity index (χ2n) is 7.06. The van der Waals surface area contributed by atoms with E-state index in [2.05, 4.69) is 5.32 Å². The second-order valence-corrected chi connectivity index (χ2v) is 7.06. The van der Waals surface area contributed by atoms with Crippen LogP contribution in [0.15, 0.2) is 30.3 Å². The van der Waals surface area contributed by atoms with E-state index in [1.54, 1.807) is 11.8 Å². The highest BCUT2D eigenvalue weighted by molar-refractivity contribution is 5.69. The van der Waals surface area contributed by atoms with E-state index in [-0.39, 0.29) is 24.8 Å². The monoisotopic (exact) mass is 376 g/mol. The van der Waals surface area contributed by atoms with Crippen LogP contribution in [0.5, 0.6) is 0 Å². The van der Waals surface area contributed by atoms with E-state index >= 15 is 0 Å². The van der Waals surface area contributed by atoms with Crippen LogP contribution in [0.25, 0.3) is 0 Å². The number of ether oxygens (including phenoxy) is 3. The van der Waals surface area contributed by atoms with Crippen LogP contribution in [0.4, 0.5) is 9.59 Å². The minimum Gasteiger partial charge on any atom is -0.450 e. The molecule has 0 spiro atoms. The number of nitrogens with one attached hydrogen (secondary N) is 1. The average molecular weight is 376 g/mol. The summed E-state index contributed by atoms with van der Waals surface area (Å²) < 4.78 is 16.4. The lowest BCUT2D eigenvalue weighted by Gasteiger charge is -2.37. The molecule has 27 heavy (non-hydrogen) atoms. The van der Waals surface area contributed by atoms with Crippen molar-refractivity contribution in [1.29, 1.82) is 0 Å². The molecule has 2 atom stereocenters. The zero-order valence-electron chi connectivity index (χ0n) is 15.8. The molecule has 0 unspecified atom stereocenters. The van der Waals surface area contributed by atoms with Gasteiger partial charge in [0.2, 0.25) is 0 Å². The molecule has 1 heterocycles. The van der Waals surface area contributed by atoms with Crippen molar-refractivity contribution in [3.63, 3.8) is 0 Å². The number of nitrogens with zero attached hydrogens (tertiary/aromatic N) is 1. The van der Waals surface area contributed by atoms with Gasteiger partial charge < -0.3 is 24.4 Å². The molecule has 0 bridgehead atoms. The van der Waals surface area contributed by atoms with Crippen LogP contribution in [0.1, 0.15) is 31.7 Å². The third-order valence-corrected chi connectivity index (χ3v) is 4.84. The van der Waals surface area contributed by atoms with Gasteiger partial charge in [-0.3, -0.25) is 0 Å². The number of alkyl carbamates (subject to hydrolysis) is 1. The molecular weight excluding hydrogens is 348 g/mol. The Balaban J connectivity index is 1.51. The van der Waals surface area contributed by atoms with Crippen LogP contribution in [0.3, 0.4) is 0 Å². The molecule has 7 heteroatoms. The minimum atomic E-state index is -0.464. The molecule has 148 valence electrons. The summed E-state index contributed by atoms with van der Waals surface area (Å²) in [6.07, 6.45) is 1.93. The van der Waals surface area contributed by atoms with Gasteiger partial charge in [-0.1, -0.05) is 30.3 Å². The lowest BCUT2D eigenvalue weighted by molar-refractivity contribution is -0.0251. The average Bonchev–Trinajstić information content (AvgIpc) is 3.51. The molecule has 2 amide bonds. The highest BCUT2D eigenvalue weighted by atomic mass is 16.6. The van der Waals surface area contributed by atoms with Crippen LogP contribution in [-0.4, -0.2) is 55.5 Å². The van der Waals surface area contributed by atoms with Crippen molar-refractivity contribution >= 4 is 12.2 Å². The Morgan fingerprint density at radius 1 is 1.15 bits per heavy atom. The highest BCUT2D eigenvalue weighted by Gasteiger charge is 2.35. The van der Waals surface area contributed by atoms with Crippen LogP contribution >= 0.6 is 0 Å². The van der Waals surface area contributed by atoms with Gasteiger partial charge >= 0.3 is 12.2 Å². The molecule has 1 N–H and O–H groups in total. The smallest absolute Gasteiger partial charge is 0.409 e. The molecule has 2 aliphatic rings. The van der Waals surface area contributed by atoms with Crippen molar-refractivity contribution in [1.82, 2.24) is 10.2 Å².